The van der Waals surface area contributed by atoms with Crippen molar-refractivity contribution in [2.45, 2.75) is 0 Å². The number of benzene rings is 1. The van der Waals surface area contributed by atoms with Gasteiger partial charge in [0, 0.05) is 10.6 Å². The molecule has 0 aliphatic rings. The average Bonchev–Trinajstić information content (AvgIpc) is 2.08. The molecule has 0 unspecified atom stereocenters. The van der Waals surface area contributed by atoms with Crippen molar-refractivity contribution in [3.63, 3.8) is 0 Å². The molecule has 0 radical (unpaired) electrons. The van der Waals surface area contributed by atoms with Crippen molar-refractivity contribution in [2.75, 3.05) is 0 Å². The van der Waals surface area contributed by atoms with Gasteiger partial charge in [0.1, 0.15) is 5.75 Å². The second kappa shape index (κ2) is 4.48. The van der Waals surface area contributed by atoms with E-state index >= 15 is 0 Å². The molecule has 1 rings (SSSR count). The lowest BCUT2D eigenvalue weighted by atomic mass is 10.2. The van der Waals surface area contributed by atoms with E-state index in [9.17, 15) is 9.90 Å². The number of urea groups is 1. The Hall–Kier alpha value is -1.75. The molecule has 14 heavy (non-hydrogen) atoms. The number of phenolic OH excluding ortho intramolecular Hbond substituents is 1. The zero-order valence-corrected chi connectivity index (χ0v) is 7.82. The van der Waals surface area contributed by atoms with Crippen molar-refractivity contribution in [1.82, 2.24) is 5.43 Å². The Bertz CT molecular complexity index is 379. The number of hydrogen-bond donors (Lipinski definition) is 3. The lowest BCUT2D eigenvalue weighted by Gasteiger charge is -1.98. The highest BCUT2D eigenvalue weighted by Crippen LogP contribution is 2.19. The van der Waals surface area contributed by atoms with E-state index in [1.54, 1.807) is 12.1 Å². The maximum atomic E-state index is 10.2. The smallest absolute Gasteiger partial charge is 0.332 e. The highest BCUT2D eigenvalue weighted by Gasteiger charge is 1.98. The number of hydrogen-bond acceptors (Lipinski definition) is 3. The van der Waals surface area contributed by atoms with Crippen LogP contribution in [0.5, 0.6) is 5.75 Å². The third-order valence-corrected chi connectivity index (χ3v) is 1.61. The van der Waals surface area contributed by atoms with Crippen LogP contribution in [0.4, 0.5) is 4.79 Å². The second-order valence-corrected chi connectivity index (χ2v) is 2.87. The van der Waals surface area contributed by atoms with Crippen molar-refractivity contribution in [1.29, 1.82) is 0 Å². The summed E-state index contributed by atoms with van der Waals surface area (Å²) < 4.78 is 0. The van der Waals surface area contributed by atoms with Gasteiger partial charge in [-0.3, -0.25) is 0 Å². The van der Waals surface area contributed by atoms with Crippen molar-refractivity contribution in [3.05, 3.63) is 28.8 Å². The van der Waals surface area contributed by atoms with Gasteiger partial charge in [0.25, 0.3) is 0 Å². The van der Waals surface area contributed by atoms with Gasteiger partial charge in [-0.2, -0.15) is 5.10 Å². The number of halogens is 1. The molecule has 0 atom stereocenters. The standard InChI is InChI=1S/C8H8ClN3O2/c9-6-2-1-5(7(13)3-6)4-11-12-8(10)14/h1-4,13H,(H3,10,12,14)/b11-4+. The minimum absolute atomic E-state index is 0.0208. The van der Waals surface area contributed by atoms with Gasteiger partial charge in [-0.25, -0.2) is 10.2 Å². The molecule has 1 aromatic rings. The van der Waals surface area contributed by atoms with Gasteiger partial charge >= 0.3 is 6.03 Å². The van der Waals surface area contributed by atoms with Crippen LogP contribution in [0.25, 0.3) is 0 Å². The van der Waals surface area contributed by atoms with E-state index < -0.39 is 6.03 Å². The Balaban J connectivity index is 2.76. The molecule has 6 heteroatoms. The summed E-state index contributed by atoms with van der Waals surface area (Å²) in [4.78, 5) is 10.2. The van der Waals surface area contributed by atoms with E-state index in [2.05, 4.69) is 5.10 Å². The van der Waals surface area contributed by atoms with Gasteiger partial charge < -0.3 is 10.8 Å². The maximum absolute atomic E-state index is 10.2. The molecule has 0 saturated heterocycles. The first-order valence-corrected chi connectivity index (χ1v) is 4.04. The summed E-state index contributed by atoms with van der Waals surface area (Å²) in [7, 11) is 0. The fourth-order valence-electron chi connectivity index (χ4n) is 0.791. The van der Waals surface area contributed by atoms with Crippen molar-refractivity contribution < 1.29 is 9.90 Å². The minimum atomic E-state index is -0.769. The van der Waals surface area contributed by atoms with Gasteiger partial charge in [-0.1, -0.05) is 11.6 Å². The molecular formula is C8H8ClN3O2. The quantitative estimate of drug-likeness (QED) is 0.507. The zero-order valence-electron chi connectivity index (χ0n) is 7.07. The van der Waals surface area contributed by atoms with Crippen molar-refractivity contribution in [2.24, 2.45) is 10.8 Å². The first-order valence-electron chi connectivity index (χ1n) is 3.66. The minimum Gasteiger partial charge on any atom is -0.507 e. The van der Waals surface area contributed by atoms with Crippen LogP contribution in [0, 0.1) is 0 Å². The predicted molar refractivity (Wildman–Crippen MR) is 53.4 cm³/mol. The monoisotopic (exact) mass is 213 g/mol. The Morgan fingerprint density at radius 1 is 1.64 bits per heavy atom. The van der Waals surface area contributed by atoms with E-state index in [0.717, 1.165) is 0 Å². The Kier molecular flexibility index (Phi) is 3.30. The summed E-state index contributed by atoms with van der Waals surface area (Å²) in [6.45, 7) is 0. The van der Waals surface area contributed by atoms with Crippen LogP contribution in [0.1, 0.15) is 5.56 Å². The molecule has 0 heterocycles. The maximum Gasteiger partial charge on any atom is 0.332 e. The molecule has 0 aromatic heterocycles. The molecule has 0 aliphatic heterocycles. The summed E-state index contributed by atoms with van der Waals surface area (Å²) in [5, 5.41) is 13.2. The van der Waals surface area contributed by atoms with Crippen LogP contribution < -0.4 is 11.2 Å². The summed E-state index contributed by atoms with van der Waals surface area (Å²) >= 11 is 5.61. The molecule has 5 nitrogen and oxygen atoms in total. The van der Waals surface area contributed by atoms with Gasteiger partial charge in [0.2, 0.25) is 0 Å². The molecule has 0 spiro atoms. The van der Waals surface area contributed by atoms with Crippen LogP contribution in [0.15, 0.2) is 23.3 Å². The molecule has 0 fully saturated rings. The van der Waals surface area contributed by atoms with E-state index in [1.807, 2.05) is 5.43 Å². The van der Waals surface area contributed by atoms with Crippen LogP contribution in [-0.2, 0) is 0 Å². The number of rotatable bonds is 2. The number of carbonyl (C=O) groups excluding carboxylic acids is 1. The van der Waals surface area contributed by atoms with E-state index in [-0.39, 0.29) is 5.75 Å². The highest BCUT2D eigenvalue weighted by atomic mass is 35.5. The molecule has 74 valence electrons. The number of nitrogens with two attached hydrogens (primary N) is 1. The Morgan fingerprint density at radius 3 is 2.93 bits per heavy atom. The van der Waals surface area contributed by atoms with E-state index in [4.69, 9.17) is 17.3 Å². The number of nitrogens with zero attached hydrogens (tertiary/aromatic N) is 1. The molecule has 0 bridgehead atoms. The fourth-order valence-corrected chi connectivity index (χ4v) is 0.958. The largest absolute Gasteiger partial charge is 0.507 e. The summed E-state index contributed by atoms with van der Waals surface area (Å²) in [6.07, 6.45) is 1.26. The highest BCUT2D eigenvalue weighted by molar-refractivity contribution is 6.30. The molecule has 0 aliphatic carbocycles. The fraction of sp³-hybridized carbons (Fsp3) is 0. The van der Waals surface area contributed by atoms with Crippen LogP contribution in [0.2, 0.25) is 5.02 Å². The number of phenols is 1. The van der Waals surface area contributed by atoms with E-state index in [0.29, 0.717) is 10.6 Å². The lowest BCUT2D eigenvalue weighted by molar-refractivity contribution is 0.249. The number of amides is 2. The van der Waals surface area contributed by atoms with Crippen molar-refractivity contribution in [3.8, 4) is 5.75 Å². The normalized spacial score (nSPS) is 10.4. The summed E-state index contributed by atoms with van der Waals surface area (Å²) in [6, 6.07) is 3.75. The number of carbonyl (C=O) groups is 1. The Morgan fingerprint density at radius 2 is 2.36 bits per heavy atom. The van der Waals surface area contributed by atoms with E-state index in [1.165, 1.54) is 12.3 Å². The molecule has 1 aromatic carbocycles. The topological polar surface area (TPSA) is 87.7 Å². The first-order chi connectivity index (χ1) is 6.59. The number of primary amides is 1. The SMILES string of the molecule is NC(=O)N/N=C/c1ccc(Cl)cc1O. The Labute approximate surface area is 85.2 Å². The van der Waals surface area contributed by atoms with Gasteiger partial charge in [-0.15, -0.1) is 0 Å². The molecule has 4 N–H and O–H groups in total. The lowest BCUT2D eigenvalue weighted by Crippen LogP contribution is -2.24. The molecule has 2 amide bonds. The van der Waals surface area contributed by atoms with Gasteiger partial charge in [-0.05, 0) is 18.2 Å². The molecule has 0 saturated carbocycles. The second-order valence-electron chi connectivity index (χ2n) is 2.44. The third-order valence-electron chi connectivity index (χ3n) is 1.37. The van der Waals surface area contributed by atoms with Crippen LogP contribution >= 0.6 is 11.6 Å². The summed E-state index contributed by atoms with van der Waals surface area (Å²) in [5.41, 5.74) is 7.20. The average molecular weight is 214 g/mol. The first kappa shape index (κ1) is 10.3. The number of hydrazone groups is 1. The molecular weight excluding hydrogens is 206 g/mol. The van der Waals surface area contributed by atoms with Crippen LogP contribution in [0.3, 0.4) is 0 Å². The number of aromatic hydroxyl groups is 1. The zero-order chi connectivity index (χ0) is 10.6. The van der Waals surface area contributed by atoms with Gasteiger partial charge in [0.05, 0.1) is 6.21 Å². The van der Waals surface area contributed by atoms with Crippen LogP contribution in [-0.4, -0.2) is 17.4 Å². The summed E-state index contributed by atoms with van der Waals surface area (Å²) in [5.74, 6) is -0.0208. The predicted octanol–water partition coefficient (Wildman–Crippen LogP) is 1.05. The van der Waals surface area contributed by atoms with Crippen molar-refractivity contribution >= 4 is 23.8 Å². The van der Waals surface area contributed by atoms with Gasteiger partial charge in [0.15, 0.2) is 0 Å². The third kappa shape index (κ3) is 2.95. The number of nitrogens with one attached hydrogen (secondary N) is 1.